The lowest BCUT2D eigenvalue weighted by Gasteiger charge is -2.14. The van der Waals surface area contributed by atoms with Crippen molar-refractivity contribution < 1.29 is 4.79 Å². The molecule has 0 saturated carbocycles. The van der Waals surface area contributed by atoms with E-state index < -0.39 is 0 Å². The highest BCUT2D eigenvalue weighted by Gasteiger charge is 2.09. The van der Waals surface area contributed by atoms with Gasteiger partial charge >= 0.3 is 0 Å². The second-order valence-corrected chi connectivity index (χ2v) is 5.30. The molecule has 0 aliphatic carbocycles. The van der Waals surface area contributed by atoms with Gasteiger partial charge in [-0.25, -0.2) is 9.97 Å². The Kier molecular flexibility index (Phi) is 5.25. The molecule has 0 bridgehead atoms. The van der Waals surface area contributed by atoms with Crippen LogP contribution in [0.25, 0.3) is 0 Å². The van der Waals surface area contributed by atoms with Crippen molar-refractivity contribution >= 4 is 17.5 Å². The largest absolute Gasteiger partial charge is 0.347 e. The predicted molar refractivity (Wildman–Crippen MR) is 82.0 cm³/mol. The normalized spacial score (nSPS) is 10.7. The Morgan fingerprint density at radius 3 is 2.52 bits per heavy atom. The number of carbonyl (C=O) groups excluding carboxylic acids is 1. The maximum Gasteiger partial charge on any atom is 0.271 e. The van der Waals surface area contributed by atoms with Gasteiger partial charge in [-0.15, -0.1) is 0 Å². The van der Waals surface area contributed by atoms with E-state index in [1.807, 2.05) is 32.3 Å². The van der Waals surface area contributed by atoms with Gasteiger partial charge < -0.3 is 10.2 Å². The molecule has 0 radical (unpaired) electrons. The summed E-state index contributed by atoms with van der Waals surface area (Å²) in [6, 6.07) is 8.02. The summed E-state index contributed by atoms with van der Waals surface area (Å²) in [5.74, 6) is -0.265. The van der Waals surface area contributed by atoms with Crippen molar-refractivity contribution in [1.82, 2.24) is 20.2 Å². The van der Waals surface area contributed by atoms with Gasteiger partial charge in [-0.2, -0.15) is 0 Å². The molecule has 110 valence electrons. The zero-order valence-electron chi connectivity index (χ0n) is 12.0. The molecule has 0 aliphatic rings. The summed E-state index contributed by atoms with van der Waals surface area (Å²) >= 11 is 5.65. The highest BCUT2D eigenvalue weighted by molar-refractivity contribution is 6.29. The Morgan fingerprint density at radius 1 is 1.19 bits per heavy atom. The molecule has 0 aliphatic heterocycles. The second kappa shape index (κ2) is 7.15. The fourth-order valence-electron chi connectivity index (χ4n) is 1.92. The molecule has 0 atom stereocenters. The van der Waals surface area contributed by atoms with Crippen LogP contribution in [0.15, 0.2) is 36.7 Å². The lowest BCUT2D eigenvalue weighted by atomic mass is 10.1. The van der Waals surface area contributed by atoms with Gasteiger partial charge in [0.05, 0.1) is 12.4 Å². The fourth-order valence-corrected chi connectivity index (χ4v) is 2.02. The number of nitrogens with one attached hydrogen (secondary N) is 1. The van der Waals surface area contributed by atoms with Gasteiger partial charge in [-0.3, -0.25) is 4.79 Å². The number of nitrogens with zero attached hydrogens (tertiary/aromatic N) is 3. The first-order chi connectivity index (χ1) is 10.1. The van der Waals surface area contributed by atoms with Crippen molar-refractivity contribution in [1.29, 1.82) is 0 Å². The van der Waals surface area contributed by atoms with Crippen molar-refractivity contribution in [3.8, 4) is 0 Å². The molecule has 0 fully saturated rings. The predicted octanol–water partition coefficient (Wildman–Crippen LogP) is 2.12. The molecule has 1 amide bonds. The average molecular weight is 305 g/mol. The summed E-state index contributed by atoms with van der Waals surface area (Å²) in [7, 11) is 4.03. The summed E-state index contributed by atoms with van der Waals surface area (Å²) in [6.45, 7) is 1.28. The lowest BCUT2D eigenvalue weighted by Crippen LogP contribution is -2.25. The number of hydrogen-bond acceptors (Lipinski definition) is 4. The van der Waals surface area contributed by atoms with Crippen LogP contribution >= 0.6 is 11.6 Å². The Bertz CT molecular complexity index is 613. The molecule has 21 heavy (non-hydrogen) atoms. The second-order valence-electron chi connectivity index (χ2n) is 4.91. The first-order valence-electron chi connectivity index (χ1n) is 6.53. The third-order valence-electron chi connectivity index (χ3n) is 2.90. The van der Waals surface area contributed by atoms with Crippen molar-refractivity contribution in [2.45, 2.75) is 13.1 Å². The zero-order chi connectivity index (χ0) is 15.2. The van der Waals surface area contributed by atoms with E-state index in [1.165, 1.54) is 18.0 Å². The van der Waals surface area contributed by atoms with Crippen LogP contribution in [0.3, 0.4) is 0 Å². The number of carbonyl (C=O) groups is 1. The van der Waals surface area contributed by atoms with Crippen LogP contribution in [-0.4, -0.2) is 34.9 Å². The van der Waals surface area contributed by atoms with E-state index in [1.54, 1.807) is 0 Å². The third-order valence-corrected chi connectivity index (χ3v) is 3.09. The molecule has 1 heterocycles. The number of aromatic nitrogens is 2. The molecule has 1 aromatic carbocycles. The Balaban J connectivity index is 2.02. The summed E-state index contributed by atoms with van der Waals surface area (Å²) in [5, 5.41) is 3.11. The average Bonchev–Trinajstić information content (AvgIpc) is 2.46. The summed E-state index contributed by atoms with van der Waals surface area (Å²) < 4.78 is 0. The van der Waals surface area contributed by atoms with Gasteiger partial charge in [0.2, 0.25) is 0 Å². The fraction of sp³-hybridized carbons (Fsp3) is 0.267. The molecule has 1 aromatic heterocycles. The number of amides is 1. The molecular formula is C15H17ClN4O. The van der Waals surface area contributed by atoms with E-state index in [9.17, 15) is 4.79 Å². The summed E-state index contributed by atoms with van der Waals surface area (Å²) in [5.41, 5.74) is 2.52. The van der Waals surface area contributed by atoms with E-state index in [2.05, 4.69) is 26.3 Å². The van der Waals surface area contributed by atoms with E-state index >= 15 is 0 Å². The lowest BCUT2D eigenvalue weighted by molar-refractivity contribution is 0.0945. The van der Waals surface area contributed by atoms with Crippen LogP contribution in [0.4, 0.5) is 0 Å². The molecule has 6 heteroatoms. The third kappa shape index (κ3) is 4.51. The monoisotopic (exact) mass is 304 g/mol. The molecule has 0 unspecified atom stereocenters. The smallest absolute Gasteiger partial charge is 0.271 e. The zero-order valence-corrected chi connectivity index (χ0v) is 12.8. The molecular weight excluding hydrogens is 288 g/mol. The molecule has 5 nitrogen and oxygen atoms in total. The topological polar surface area (TPSA) is 58.1 Å². The van der Waals surface area contributed by atoms with Gasteiger partial charge in [-0.05, 0) is 25.2 Å². The van der Waals surface area contributed by atoms with Crippen LogP contribution in [0.1, 0.15) is 21.6 Å². The number of halogens is 1. The van der Waals surface area contributed by atoms with Gasteiger partial charge in [0.1, 0.15) is 10.8 Å². The first-order valence-corrected chi connectivity index (χ1v) is 6.91. The first kappa shape index (κ1) is 15.4. The van der Waals surface area contributed by atoms with Crippen molar-refractivity contribution in [2.24, 2.45) is 0 Å². The van der Waals surface area contributed by atoms with Crippen molar-refractivity contribution in [3.63, 3.8) is 0 Å². The quantitative estimate of drug-likeness (QED) is 0.919. The van der Waals surface area contributed by atoms with Gasteiger partial charge in [-0.1, -0.05) is 35.9 Å². The maximum atomic E-state index is 12.0. The Hall–Kier alpha value is -1.98. The van der Waals surface area contributed by atoms with Gasteiger partial charge in [0.15, 0.2) is 0 Å². The highest BCUT2D eigenvalue weighted by atomic mass is 35.5. The Morgan fingerprint density at radius 2 is 1.90 bits per heavy atom. The molecule has 1 N–H and O–H groups in total. The standard InChI is InChI=1S/C15H17ClN4O/c1-20(2)10-12-6-4-3-5-11(12)7-19-15(21)13-8-18-14(16)9-17-13/h3-6,8-9H,7,10H2,1-2H3,(H,19,21). The Labute approximate surface area is 129 Å². The number of rotatable bonds is 5. The molecule has 2 rings (SSSR count). The minimum absolute atomic E-state index is 0.254. The van der Waals surface area contributed by atoms with Crippen LogP contribution in [0.2, 0.25) is 5.15 Å². The number of hydrogen-bond donors (Lipinski definition) is 1. The SMILES string of the molecule is CN(C)Cc1ccccc1CNC(=O)c1cnc(Cl)cn1. The maximum absolute atomic E-state index is 12.0. The van der Waals surface area contributed by atoms with Crippen LogP contribution in [0, 0.1) is 0 Å². The van der Waals surface area contributed by atoms with Crippen molar-refractivity contribution in [3.05, 3.63) is 58.6 Å². The van der Waals surface area contributed by atoms with Crippen molar-refractivity contribution in [2.75, 3.05) is 14.1 Å². The molecule has 2 aromatic rings. The van der Waals surface area contributed by atoms with E-state index in [-0.39, 0.29) is 16.8 Å². The van der Waals surface area contributed by atoms with Crippen LogP contribution < -0.4 is 5.32 Å². The molecule has 0 saturated heterocycles. The number of benzene rings is 1. The van der Waals surface area contributed by atoms with E-state index in [4.69, 9.17) is 11.6 Å². The van der Waals surface area contributed by atoms with E-state index in [0.29, 0.717) is 6.54 Å². The minimum atomic E-state index is -0.265. The molecule has 0 spiro atoms. The van der Waals surface area contributed by atoms with Crippen LogP contribution in [0.5, 0.6) is 0 Å². The van der Waals surface area contributed by atoms with E-state index in [0.717, 1.165) is 12.1 Å². The van der Waals surface area contributed by atoms with Gasteiger partial charge in [0, 0.05) is 13.1 Å². The van der Waals surface area contributed by atoms with Gasteiger partial charge in [0.25, 0.3) is 5.91 Å². The van der Waals surface area contributed by atoms with Crippen LogP contribution in [-0.2, 0) is 13.1 Å². The summed E-state index contributed by atoms with van der Waals surface area (Å²) in [6.07, 6.45) is 2.72. The summed E-state index contributed by atoms with van der Waals surface area (Å²) in [4.78, 5) is 21.9. The highest BCUT2D eigenvalue weighted by Crippen LogP contribution is 2.10. The minimum Gasteiger partial charge on any atom is -0.347 e.